The van der Waals surface area contributed by atoms with Crippen LogP contribution in [0.4, 0.5) is 0 Å². The third kappa shape index (κ3) is 2.34. The summed E-state index contributed by atoms with van der Waals surface area (Å²) < 4.78 is 10.8. The van der Waals surface area contributed by atoms with E-state index in [4.69, 9.17) is 4.89 Å². The monoisotopic (exact) mass is 234 g/mol. The molecular weight excluding hydrogens is 223 g/mol. The van der Waals surface area contributed by atoms with E-state index in [1.165, 1.54) is 0 Å². The van der Waals surface area contributed by atoms with Crippen LogP contribution in [-0.2, 0) is 17.5 Å². The highest BCUT2D eigenvalue weighted by Crippen LogP contribution is 2.15. The molecule has 0 aliphatic carbocycles. The molecule has 4 nitrogen and oxygen atoms in total. The van der Waals surface area contributed by atoms with Crippen molar-refractivity contribution in [3.05, 3.63) is 23.4 Å². The van der Waals surface area contributed by atoms with Crippen LogP contribution in [-0.4, -0.2) is 16.4 Å². The molecule has 0 saturated carbocycles. The minimum absolute atomic E-state index is 0. The van der Waals surface area contributed by atoms with Crippen LogP contribution in [0.1, 0.15) is 11.3 Å². The maximum atomic E-state index is 10.8. The third-order valence-corrected chi connectivity index (χ3v) is 2.86. The topological polar surface area (TPSA) is 62.2 Å². The molecule has 1 aromatic rings. The van der Waals surface area contributed by atoms with Gasteiger partial charge in [0.25, 0.3) is 0 Å². The molecule has 1 unspecified atom stereocenters. The summed E-state index contributed by atoms with van der Waals surface area (Å²) in [6.07, 6.45) is 0.846. The lowest BCUT2D eigenvalue weighted by molar-refractivity contribution is 0.512. The van der Waals surface area contributed by atoms with Crippen LogP contribution in [0.5, 0.6) is 0 Å². The van der Waals surface area contributed by atoms with Gasteiger partial charge in [0, 0.05) is 25.2 Å². The van der Waals surface area contributed by atoms with E-state index in [9.17, 15) is 4.57 Å². The van der Waals surface area contributed by atoms with Crippen molar-refractivity contribution in [2.24, 2.45) is 0 Å². The molecule has 1 atom stereocenters. The number of hydrogen-bond acceptors (Lipinski definition) is 3. The van der Waals surface area contributed by atoms with Gasteiger partial charge in [0.15, 0.2) is 0 Å². The Hall–Kier alpha value is -0.410. The van der Waals surface area contributed by atoms with E-state index >= 15 is 0 Å². The molecule has 0 amide bonds. The van der Waals surface area contributed by atoms with E-state index in [1.54, 1.807) is 6.07 Å². The van der Waals surface area contributed by atoms with Gasteiger partial charge in [-0.05, 0) is 11.6 Å². The highest BCUT2D eigenvalue weighted by molar-refractivity contribution is 7.47. The number of nitrogens with one attached hydrogen (secondary N) is 1. The number of pyridine rings is 1. The summed E-state index contributed by atoms with van der Waals surface area (Å²) in [7, 11) is -2.63. The van der Waals surface area contributed by atoms with Gasteiger partial charge in [-0.2, -0.15) is 0 Å². The molecule has 1 aliphatic heterocycles. The van der Waals surface area contributed by atoms with Crippen molar-refractivity contribution >= 4 is 25.9 Å². The van der Waals surface area contributed by atoms with Gasteiger partial charge in [-0.3, -0.25) is 4.57 Å². The van der Waals surface area contributed by atoms with Crippen LogP contribution < -0.4 is 10.8 Å². The van der Waals surface area contributed by atoms with Gasteiger partial charge in [0.2, 0.25) is 8.03 Å². The second-order valence-corrected chi connectivity index (χ2v) is 4.16. The first kappa shape index (κ1) is 11.7. The largest absolute Gasteiger partial charge is 0.342 e. The molecule has 2 rings (SSSR count). The molecule has 0 fully saturated rings. The Labute approximate surface area is 89.0 Å². The van der Waals surface area contributed by atoms with Gasteiger partial charge in [-0.25, -0.2) is 4.98 Å². The normalized spacial score (nSPS) is 16.6. The summed E-state index contributed by atoms with van der Waals surface area (Å²) in [4.78, 5) is 13.0. The van der Waals surface area contributed by atoms with Crippen molar-refractivity contribution < 1.29 is 9.46 Å². The first-order chi connectivity index (χ1) is 6.27. The number of halogens is 1. The van der Waals surface area contributed by atoms with E-state index in [-0.39, 0.29) is 12.4 Å². The van der Waals surface area contributed by atoms with Crippen LogP contribution in [0.15, 0.2) is 12.1 Å². The maximum Gasteiger partial charge on any atom is 0.236 e. The Balaban J connectivity index is 0.000000980. The maximum absolute atomic E-state index is 10.8. The van der Waals surface area contributed by atoms with Gasteiger partial charge in [-0.1, -0.05) is 6.07 Å². The van der Waals surface area contributed by atoms with E-state index in [0.29, 0.717) is 5.44 Å². The highest BCUT2D eigenvalue weighted by atomic mass is 35.5. The predicted molar refractivity (Wildman–Crippen MR) is 57.8 cm³/mol. The minimum atomic E-state index is -2.63. The Bertz CT molecular complexity index is 359. The average molecular weight is 235 g/mol. The lowest BCUT2D eigenvalue weighted by Gasteiger charge is -2.15. The van der Waals surface area contributed by atoms with Crippen molar-refractivity contribution in [3.8, 4) is 0 Å². The fourth-order valence-electron chi connectivity index (χ4n) is 1.46. The smallest absolute Gasteiger partial charge is 0.236 e. The van der Waals surface area contributed by atoms with Crippen molar-refractivity contribution in [1.29, 1.82) is 0 Å². The second kappa shape index (κ2) is 4.89. The highest BCUT2D eigenvalue weighted by Gasteiger charge is 2.11. The second-order valence-electron chi connectivity index (χ2n) is 3.03. The Kier molecular flexibility index (Phi) is 4.08. The quantitative estimate of drug-likeness (QED) is 0.684. The zero-order valence-electron chi connectivity index (χ0n) is 7.49. The standard InChI is InChI=1S/C8H11N2O2P.ClH/c11-13(12)8-2-1-6-5-9-4-3-7(6)10-8;/h1-2,9,13H,3-5H2,(H,11,12);1H. The first-order valence-corrected chi connectivity index (χ1v) is 5.56. The number of aromatic nitrogens is 1. The molecule has 0 aromatic carbocycles. The van der Waals surface area contributed by atoms with Crippen molar-refractivity contribution in [2.75, 3.05) is 6.54 Å². The van der Waals surface area contributed by atoms with Crippen LogP contribution in [0.3, 0.4) is 0 Å². The zero-order chi connectivity index (χ0) is 9.26. The van der Waals surface area contributed by atoms with Gasteiger partial charge in [0.05, 0.1) is 0 Å². The molecule has 0 radical (unpaired) electrons. The summed E-state index contributed by atoms with van der Waals surface area (Å²) in [6.45, 7) is 1.71. The van der Waals surface area contributed by atoms with Crippen molar-refractivity contribution in [3.63, 3.8) is 0 Å². The molecule has 0 saturated heterocycles. The third-order valence-electron chi connectivity index (χ3n) is 2.14. The van der Waals surface area contributed by atoms with E-state index in [0.717, 1.165) is 30.8 Å². The summed E-state index contributed by atoms with van der Waals surface area (Å²) in [5, 5.41) is 3.22. The first-order valence-electron chi connectivity index (χ1n) is 4.20. The number of hydrogen-bond donors (Lipinski definition) is 2. The zero-order valence-corrected chi connectivity index (χ0v) is 9.30. The van der Waals surface area contributed by atoms with E-state index in [2.05, 4.69) is 10.3 Å². The number of fused-ring (bicyclic) bond motifs is 1. The van der Waals surface area contributed by atoms with Crippen molar-refractivity contribution in [2.45, 2.75) is 13.0 Å². The van der Waals surface area contributed by atoms with E-state index < -0.39 is 8.03 Å². The van der Waals surface area contributed by atoms with E-state index in [1.807, 2.05) is 6.07 Å². The van der Waals surface area contributed by atoms with Crippen LogP contribution >= 0.6 is 20.4 Å². The summed E-state index contributed by atoms with van der Waals surface area (Å²) >= 11 is 0. The fraction of sp³-hybridized carbons (Fsp3) is 0.375. The average Bonchev–Trinajstić information content (AvgIpc) is 2.17. The molecule has 1 aromatic heterocycles. The molecule has 0 bridgehead atoms. The molecule has 1 aliphatic rings. The van der Waals surface area contributed by atoms with Gasteiger partial charge < -0.3 is 10.2 Å². The van der Waals surface area contributed by atoms with Gasteiger partial charge in [0.1, 0.15) is 5.44 Å². The predicted octanol–water partition coefficient (Wildman–Crippen LogP) is 0.241. The Morgan fingerprint density at radius 3 is 3.00 bits per heavy atom. The Morgan fingerprint density at radius 2 is 2.29 bits per heavy atom. The number of nitrogens with zero attached hydrogens (tertiary/aromatic N) is 1. The van der Waals surface area contributed by atoms with Crippen LogP contribution in [0.2, 0.25) is 0 Å². The molecule has 14 heavy (non-hydrogen) atoms. The summed E-state index contributed by atoms with van der Waals surface area (Å²) in [5.41, 5.74) is 2.42. The van der Waals surface area contributed by atoms with Crippen LogP contribution in [0.25, 0.3) is 0 Å². The molecule has 6 heteroatoms. The number of rotatable bonds is 1. The SMILES string of the molecule is Cl.O=[PH](O)c1ccc2c(n1)CCNC2. The molecule has 0 spiro atoms. The minimum Gasteiger partial charge on any atom is -0.342 e. The van der Waals surface area contributed by atoms with Gasteiger partial charge >= 0.3 is 0 Å². The molecule has 2 heterocycles. The van der Waals surface area contributed by atoms with Crippen molar-refractivity contribution in [1.82, 2.24) is 10.3 Å². The molecule has 78 valence electrons. The van der Waals surface area contributed by atoms with Crippen LogP contribution in [0, 0.1) is 0 Å². The molecule has 2 N–H and O–H groups in total. The summed E-state index contributed by atoms with van der Waals surface area (Å²) in [6, 6.07) is 3.51. The summed E-state index contributed by atoms with van der Waals surface area (Å²) in [5.74, 6) is 0. The lowest BCUT2D eigenvalue weighted by atomic mass is 10.1. The fourth-order valence-corrected chi connectivity index (χ4v) is 1.91. The molecular formula is C8H12ClN2O2P. The van der Waals surface area contributed by atoms with Gasteiger partial charge in [-0.15, -0.1) is 12.4 Å². The Morgan fingerprint density at radius 1 is 1.50 bits per heavy atom. The lowest BCUT2D eigenvalue weighted by Crippen LogP contribution is -2.26.